The predicted octanol–water partition coefficient (Wildman–Crippen LogP) is 4.08. The van der Waals surface area contributed by atoms with E-state index in [1.54, 1.807) is 4.90 Å². The second kappa shape index (κ2) is 9.76. The second-order valence-corrected chi connectivity index (χ2v) is 6.50. The van der Waals surface area contributed by atoms with Crippen LogP contribution in [0.2, 0.25) is 0 Å². The van der Waals surface area contributed by atoms with Crippen LogP contribution in [0.25, 0.3) is 0 Å². The van der Waals surface area contributed by atoms with Gasteiger partial charge in [-0.2, -0.15) is 0 Å². The molecule has 2 amide bonds. The molecular weight excluding hydrogens is 338 g/mol. The fourth-order valence-corrected chi connectivity index (χ4v) is 3.13. The largest absolute Gasteiger partial charge is 0.372 e. The minimum Gasteiger partial charge on any atom is -0.372 e. The van der Waals surface area contributed by atoms with Gasteiger partial charge in [0.2, 0.25) is 11.8 Å². The Morgan fingerprint density at radius 1 is 0.963 bits per heavy atom. The van der Waals surface area contributed by atoms with Gasteiger partial charge in [-0.25, -0.2) is 0 Å². The van der Waals surface area contributed by atoms with Gasteiger partial charge < -0.3 is 15.1 Å². The minimum absolute atomic E-state index is 0.0171. The van der Waals surface area contributed by atoms with Crippen LogP contribution < -0.4 is 10.2 Å². The van der Waals surface area contributed by atoms with Gasteiger partial charge >= 0.3 is 0 Å². The van der Waals surface area contributed by atoms with E-state index >= 15 is 0 Å². The van der Waals surface area contributed by atoms with Gasteiger partial charge in [-0.05, 0) is 50.6 Å². The first kappa shape index (κ1) is 20.5. The minimum atomic E-state index is -0.205. The van der Waals surface area contributed by atoms with Crippen LogP contribution in [0.1, 0.15) is 39.3 Å². The molecular formula is C22H29N3O2. The number of carbonyl (C=O) groups excluding carboxylic acids is 2. The molecule has 1 atom stereocenters. The van der Waals surface area contributed by atoms with Crippen molar-refractivity contribution in [2.75, 3.05) is 29.9 Å². The maximum Gasteiger partial charge on any atom is 0.244 e. The molecule has 1 unspecified atom stereocenters. The first-order valence-electron chi connectivity index (χ1n) is 9.43. The van der Waals surface area contributed by atoms with E-state index < -0.39 is 0 Å². The fraction of sp³-hybridized carbons (Fsp3) is 0.364. The highest BCUT2D eigenvalue weighted by Crippen LogP contribution is 2.21. The first-order chi connectivity index (χ1) is 13.0. The van der Waals surface area contributed by atoms with Gasteiger partial charge in [0.15, 0.2) is 0 Å². The summed E-state index contributed by atoms with van der Waals surface area (Å²) in [4.78, 5) is 28.4. The van der Waals surface area contributed by atoms with E-state index in [0.717, 1.165) is 30.0 Å². The molecule has 0 aliphatic carbocycles. The topological polar surface area (TPSA) is 52.7 Å². The van der Waals surface area contributed by atoms with Crippen molar-refractivity contribution in [3.8, 4) is 0 Å². The number of carbonyl (C=O) groups is 2. The zero-order valence-electron chi connectivity index (χ0n) is 16.6. The van der Waals surface area contributed by atoms with Crippen LogP contribution in [0.4, 0.5) is 11.4 Å². The Bertz CT molecular complexity index is 740. The van der Waals surface area contributed by atoms with Crippen LogP contribution in [0, 0.1) is 0 Å². The molecule has 0 heterocycles. The lowest BCUT2D eigenvalue weighted by Gasteiger charge is -2.28. The van der Waals surface area contributed by atoms with Gasteiger partial charge in [0.25, 0.3) is 0 Å². The number of benzene rings is 2. The molecule has 5 nitrogen and oxygen atoms in total. The van der Waals surface area contributed by atoms with Gasteiger partial charge in [0.05, 0.1) is 6.04 Å². The molecule has 144 valence electrons. The summed E-state index contributed by atoms with van der Waals surface area (Å²) in [5, 5.41) is 2.88. The molecule has 0 aliphatic heterocycles. The first-order valence-corrected chi connectivity index (χ1v) is 9.43. The maximum atomic E-state index is 12.5. The number of nitrogens with zero attached hydrogens (tertiary/aromatic N) is 2. The molecule has 1 N–H and O–H groups in total. The monoisotopic (exact) mass is 367 g/mol. The maximum absolute atomic E-state index is 12.5. The highest BCUT2D eigenvalue weighted by Gasteiger charge is 2.21. The second-order valence-electron chi connectivity index (χ2n) is 6.50. The summed E-state index contributed by atoms with van der Waals surface area (Å²) in [5.41, 5.74) is 2.86. The van der Waals surface area contributed by atoms with Crippen molar-refractivity contribution < 1.29 is 9.59 Å². The smallest absolute Gasteiger partial charge is 0.244 e. The van der Waals surface area contributed by atoms with Crippen molar-refractivity contribution in [1.82, 2.24) is 4.90 Å². The highest BCUT2D eigenvalue weighted by atomic mass is 16.2. The van der Waals surface area contributed by atoms with Crippen LogP contribution in [-0.4, -0.2) is 36.3 Å². The molecule has 0 aromatic heterocycles. The number of rotatable bonds is 8. The zero-order chi connectivity index (χ0) is 19.8. The Hall–Kier alpha value is -2.82. The molecule has 0 aliphatic rings. The summed E-state index contributed by atoms with van der Waals surface area (Å²) < 4.78 is 0. The van der Waals surface area contributed by atoms with Crippen LogP contribution >= 0.6 is 0 Å². The van der Waals surface area contributed by atoms with Gasteiger partial charge in [0.1, 0.15) is 6.54 Å². The Kier molecular flexibility index (Phi) is 7.41. The Morgan fingerprint density at radius 3 is 2.07 bits per heavy atom. The molecule has 2 rings (SSSR count). The van der Waals surface area contributed by atoms with Crippen LogP contribution in [0.5, 0.6) is 0 Å². The van der Waals surface area contributed by atoms with Crippen molar-refractivity contribution in [3.63, 3.8) is 0 Å². The summed E-state index contributed by atoms with van der Waals surface area (Å²) in [5.74, 6) is -0.332. The molecule has 0 bridgehead atoms. The molecule has 0 fully saturated rings. The molecule has 0 saturated carbocycles. The Balaban J connectivity index is 2.03. The van der Waals surface area contributed by atoms with Gasteiger partial charge in [-0.3, -0.25) is 9.59 Å². The summed E-state index contributed by atoms with van der Waals surface area (Å²) in [6, 6.07) is 17.3. The fourth-order valence-electron chi connectivity index (χ4n) is 3.13. The zero-order valence-corrected chi connectivity index (χ0v) is 16.6. The quantitative estimate of drug-likeness (QED) is 0.765. The van der Waals surface area contributed by atoms with E-state index in [4.69, 9.17) is 0 Å². The van der Waals surface area contributed by atoms with E-state index in [9.17, 15) is 9.59 Å². The van der Waals surface area contributed by atoms with E-state index in [0.29, 0.717) is 0 Å². The summed E-state index contributed by atoms with van der Waals surface area (Å²) in [6.07, 6.45) is 0. The Labute approximate surface area is 162 Å². The van der Waals surface area contributed by atoms with E-state index in [2.05, 4.69) is 24.1 Å². The van der Waals surface area contributed by atoms with Crippen molar-refractivity contribution in [2.45, 2.75) is 33.7 Å². The third-order valence-corrected chi connectivity index (χ3v) is 4.75. The normalized spacial score (nSPS) is 11.6. The molecule has 27 heavy (non-hydrogen) atoms. The average Bonchev–Trinajstić information content (AvgIpc) is 2.68. The van der Waals surface area contributed by atoms with Crippen molar-refractivity contribution >= 4 is 23.2 Å². The third kappa shape index (κ3) is 5.58. The van der Waals surface area contributed by atoms with E-state index in [-0.39, 0.29) is 24.4 Å². The van der Waals surface area contributed by atoms with E-state index in [1.807, 2.05) is 61.5 Å². The molecule has 0 spiro atoms. The number of hydrogen-bond donors (Lipinski definition) is 1. The van der Waals surface area contributed by atoms with Crippen molar-refractivity contribution in [2.24, 2.45) is 0 Å². The molecule has 2 aromatic rings. The summed E-state index contributed by atoms with van der Waals surface area (Å²) in [7, 11) is 0. The number of nitrogens with one attached hydrogen (secondary N) is 1. The van der Waals surface area contributed by atoms with Gasteiger partial charge in [-0.15, -0.1) is 0 Å². The summed E-state index contributed by atoms with van der Waals surface area (Å²) >= 11 is 0. The molecule has 0 radical (unpaired) electrons. The highest BCUT2D eigenvalue weighted by molar-refractivity contribution is 5.94. The average molecular weight is 367 g/mol. The number of anilines is 2. The van der Waals surface area contributed by atoms with Gasteiger partial charge in [0, 0.05) is 31.4 Å². The summed E-state index contributed by atoms with van der Waals surface area (Å²) in [6.45, 7) is 9.55. The van der Waals surface area contributed by atoms with Gasteiger partial charge in [-0.1, -0.05) is 30.3 Å². The number of amides is 2. The molecule has 5 heteroatoms. The van der Waals surface area contributed by atoms with E-state index in [1.165, 1.54) is 6.92 Å². The lowest BCUT2D eigenvalue weighted by atomic mass is 10.1. The SMILES string of the molecule is CCN(CC)c1ccc(NC(=O)CN(C(C)=O)C(C)c2ccccc2)cc1. The molecule has 0 saturated heterocycles. The van der Waals surface area contributed by atoms with Crippen LogP contribution in [0.3, 0.4) is 0 Å². The van der Waals surface area contributed by atoms with Crippen LogP contribution in [0.15, 0.2) is 54.6 Å². The Morgan fingerprint density at radius 2 is 1.56 bits per heavy atom. The van der Waals surface area contributed by atoms with Crippen molar-refractivity contribution in [3.05, 3.63) is 60.2 Å². The van der Waals surface area contributed by atoms with Crippen LogP contribution in [-0.2, 0) is 9.59 Å². The lowest BCUT2D eigenvalue weighted by molar-refractivity contribution is -0.134. The predicted molar refractivity (Wildman–Crippen MR) is 111 cm³/mol. The molecule has 2 aromatic carbocycles. The third-order valence-electron chi connectivity index (χ3n) is 4.75. The standard InChI is InChI=1S/C22H29N3O2/c1-5-24(6-2)21-14-12-20(13-15-21)23-22(27)16-25(18(4)26)17(3)19-10-8-7-9-11-19/h7-15,17H,5-6,16H2,1-4H3,(H,23,27). The number of hydrogen-bond acceptors (Lipinski definition) is 3. The van der Waals surface area contributed by atoms with Crippen molar-refractivity contribution in [1.29, 1.82) is 0 Å². The lowest BCUT2D eigenvalue weighted by Crippen LogP contribution is -2.38.